The molecule has 1 amide bonds. The molecule has 0 fully saturated rings. The minimum atomic E-state index is -3.95. The maximum Gasteiger partial charge on any atom is 0.246 e. The van der Waals surface area contributed by atoms with Crippen molar-refractivity contribution in [2.75, 3.05) is 20.7 Å². The first-order chi connectivity index (χ1) is 16.2. The van der Waals surface area contributed by atoms with Crippen LogP contribution in [0.15, 0.2) is 83.8 Å². The van der Waals surface area contributed by atoms with Gasteiger partial charge < -0.3 is 9.64 Å². The summed E-state index contributed by atoms with van der Waals surface area (Å²) in [6.07, 6.45) is 0. The lowest BCUT2D eigenvalue weighted by atomic mass is 10.0. The molecule has 0 N–H and O–H groups in total. The standard InChI is InChI=1S/C27H32N2O4S/c1-21(2)24-15-16-25(33-4)26(17-24)34(31,32)28(3)20-27(30)29(18-22-11-7-5-8-12-22)19-23-13-9-6-10-14-23/h5-17,21H,18-20H2,1-4H3. The van der Waals surface area contributed by atoms with Gasteiger partial charge in [0.05, 0.1) is 13.7 Å². The van der Waals surface area contributed by atoms with Crippen molar-refractivity contribution in [1.82, 2.24) is 9.21 Å². The van der Waals surface area contributed by atoms with Gasteiger partial charge in [-0.25, -0.2) is 8.42 Å². The van der Waals surface area contributed by atoms with Crippen molar-refractivity contribution in [1.29, 1.82) is 0 Å². The Balaban J connectivity index is 1.86. The van der Waals surface area contributed by atoms with Crippen molar-refractivity contribution in [2.24, 2.45) is 0 Å². The molecule has 0 spiro atoms. The van der Waals surface area contributed by atoms with E-state index in [0.717, 1.165) is 21.0 Å². The molecule has 0 aromatic heterocycles. The lowest BCUT2D eigenvalue weighted by Crippen LogP contribution is -2.40. The van der Waals surface area contributed by atoms with Gasteiger partial charge in [0.25, 0.3) is 0 Å². The van der Waals surface area contributed by atoms with Crippen molar-refractivity contribution in [3.63, 3.8) is 0 Å². The van der Waals surface area contributed by atoms with Crippen molar-refractivity contribution in [2.45, 2.75) is 37.8 Å². The van der Waals surface area contributed by atoms with Gasteiger partial charge in [0.1, 0.15) is 10.6 Å². The largest absolute Gasteiger partial charge is 0.495 e. The summed E-state index contributed by atoms with van der Waals surface area (Å²) in [5.74, 6) is 0.130. The van der Waals surface area contributed by atoms with E-state index in [4.69, 9.17) is 4.74 Å². The minimum absolute atomic E-state index is 0.0640. The monoisotopic (exact) mass is 480 g/mol. The first kappa shape index (κ1) is 25.5. The fourth-order valence-electron chi connectivity index (χ4n) is 3.64. The molecule has 3 aromatic rings. The summed E-state index contributed by atoms with van der Waals surface area (Å²) in [4.78, 5) is 15.1. The number of hydrogen-bond donors (Lipinski definition) is 0. The Morgan fingerprint density at radius 3 is 1.88 bits per heavy atom. The second-order valence-electron chi connectivity index (χ2n) is 8.55. The molecule has 3 rings (SSSR count). The molecule has 0 bridgehead atoms. The smallest absolute Gasteiger partial charge is 0.246 e. The molecule has 0 radical (unpaired) electrons. The zero-order valence-electron chi connectivity index (χ0n) is 20.1. The molecule has 34 heavy (non-hydrogen) atoms. The van der Waals surface area contributed by atoms with E-state index in [1.165, 1.54) is 14.2 Å². The number of sulfonamides is 1. The molecule has 0 saturated carbocycles. The van der Waals surface area contributed by atoms with Crippen LogP contribution in [0.25, 0.3) is 0 Å². The zero-order valence-corrected chi connectivity index (χ0v) is 21.0. The summed E-state index contributed by atoms with van der Waals surface area (Å²) in [7, 11) is -1.08. The van der Waals surface area contributed by atoms with Gasteiger partial charge in [0, 0.05) is 20.1 Å². The molecule has 0 unspecified atom stereocenters. The number of likely N-dealkylation sites (N-methyl/N-ethyl adjacent to an activating group) is 1. The van der Waals surface area contributed by atoms with E-state index in [2.05, 4.69) is 0 Å². The highest BCUT2D eigenvalue weighted by atomic mass is 32.2. The fraction of sp³-hybridized carbons (Fsp3) is 0.296. The summed E-state index contributed by atoms with van der Waals surface area (Å²) in [6, 6.07) is 24.5. The van der Waals surface area contributed by atoms with Gasteiger partial charge in [0.15, 0.2) is 0 Å². The third-order valence-corrected chi connectivity index (χ3v) is 7.51. The molecule has 0 aliphatic heterocycles. The number of rotatable bonds is 10. The molecule has 0 atom stereocenters. The van der Waals surface area contributed by atoms with Crippen molar-refractivity contribution >= 4 is 15.9 Å². The Kier molecular flexibility index (Phi) is 8.47. The number of methoxy groups -OCH3 is 1. The van der Waals surface area contributed by atoms with Crippen LogP contribution in [0.5, 0.6) is 5.75 Å². The maximum absolute atomic E-state index is 13.4. The van der Waals surface area contributed by atoms with E-state index in [-0.39, 0.29) is 29.0 Å². The molecule has 3 aromatic carbocycles. The van der Waals surface area contributed by atoms with E-state index < -0.39 is 10.0 Å². The molecule has 0 heterocycles. The van der Waals surface area contributed by atoms with Crippen LogP contribution in [0.2, 0.25) is 0 Å². The summed E-state index contributed by atoms with van der Waals surface area (Å²) < 4.78 is 33.3. The predicted octanol–water partition coefficient (Wildman–Crippen LogP) is 4.67. The second-order valence-corrected chi connectivity index (χ2v) is 10.6. The maximum atomic E-state index is 13.4. The number of ether oxygens (including phenoxy) is 1. The summed E-state index contributed by atoms with van der Waals surface area (Å²) in [5, 5.41) is 0. The molecule has 6 nitrogen and oxygen atoms in total. The summed E-state index contributed by atoms with van der Waals surface area (Å²) >= 11 is 0. The molecule has 0 aliphatic rings. The Morgan fingerprint density at radius 2 is 1.41 bits per heavy atom. The quantitative estimate of drug-likeness (QED) is 0.423. The third-order valence-electron chi connectivity index (χ3n) is 5.69. The van der Waals surface area contributed by atoms with E-state index >= 15 is 0 Å². The summed E-state index contributed by atoms with van der Waals surface area (Å²) in [6.45, 7) is 4.48. The van der Waals surface area contributed by atoms with E-state index in [1.807, 2.05) is 80.6 Å². The Bertz CT molecular complexity index is 1150. The first-order valence-electron chi connectivity index (χ1n) is 11.2. The van der Waals surface area contributed by atoms with Crippen LogP contribution in [0.3, 0.4) is 0 Å². The Morgan fingerprint density at radius 1 is 0.882 bits per heavy atom. The number of benzene rings is 3. The molecule has 0 aliphatic carbocycles. The van der Waals surface area contributed by atoms with Gasteiger partial charge in [-0.15, -0.1) is 0 Å². The van der Waals surface area contributed by atoms with Crippen LogP contribution in [-0.4, -0.2) is 44.2 Å². The number of carbonyl (C=O) groups excluding carboxylic acids is 1. The van der Waals surface area contributed by atoms with Gasteiger partial charge in [-0.3, -0.25) is 4.79 Å². The Hall–Kier alpha value is -3.16. The van der Waals surface area contributed by atoms with Gasteiger partial charge >= 0.3 is 0 Å². The number of amides is 1. The van der Waals surface area contributed by atoms with Crippen LogP contribution < -0.4 is 4.74 Å². The van der Waals surface area contributed by atoms with E-state index in [0.29, 0.717) is 13.1 Å². The molecule has 0 saturated heterocycles. The van der Waals surface area contributed by atoms with Gasteiger partial charge in [0.2, 0.25) is 15.9 Å². The lowest BCUT2D eigenvalue weighted by Gasteiger charge is -2.26. The van der Waals surface area contributed by atoms with Crippen LogP contribution in [0, 0.1) is 0 Å². The third kappa shape index (κ3) is 6.24. The van der Waals surface area contributed by atoms with Crippen LogP contribution in [-0.2, 0) is 27.9 Å². The van der Waals surface area contributed by atoms with E-state index in [9.17, 15) is 13.2 Å². The summed E-state index contributed by atoms with van der Waals surface area (Å²) in [5.41, 5.74) is 2.83. The van der Waals surface area contributed by atoms with Crippen molar-refractivity contribution < 1.29 is 17.9 Å². The average molecular weight is 481 g/mol. The molecular formula is C27H32N2O4S. The van der Waals surface area contributed by atoms with E-state index in [1.54, 1.807) is 17.0 Å². The average Bonchev–Trinajstić information content (AvgIpc) is 2.84. The lowest BCUT2D eigenvalue weighted by molar-refractivity contribution is -0.132. The second kappa shape index (κ2) is 11.3. The normalized spacial score (nSPS) is 11.6. The van der Waals surface area contributed by atoms with Crippen LogP contribution >= 0.6 is 0 Å². The number of hydrogen-bond acceptors (Lipinski definition) is 4. The number of nitrogens with zero attached hydrogens (tertiary/aromatic N) is 2. The van der Waals surface area contributed by atoms with Gasteiger partial charge in [-0.2, -0.15) is 4.31 Å². The molecule has 180 valence electrons. The minimum Gasteiger partial charge on any atom is -0.495 e. The van der Waals surface area contributed by atoms with Gasteiger partial charge in [-0.1, -0.05) is 80.6 Å². The fourth-order valence-corrected chi connectivity index (χ4v) is 4.94. The van der Waals surface area contributed by atoms with Crippen LogP contribution in [0.1, 0.15) is 36.5 Å². The molecular weight excluding hydrogens is 448 g/mol. The SMILES string of the molecule is COc1ccc(C(C)C)cc1S(=O)(=O)N(C)CC(=O)N(Cc1ccccc1)Cc1ccccc1. The topological polar surface area (TPSA) is 66.9 Å². The highest BCUT2D eigenvalue weighted by molar-refractivity contribution is 7.89. The highest BCUT2D eigenvalue weighted by Crippen LogP contribution is 2.30. The predicted molar refractivity (Wildman–Crippen MR) is 134 cm³/mol. The number of carbonyl (C=O) groups is 1. The highest BCUT2D eigenvalue weighted by Gasteiger charge is 2.29. The van der Waals surface area contributed by atoms with Crippen LogP contribution in [0.4, 0.5) is 0 Å². The van der Waals surface area contributed by atoms with Crippen molar-refractivity contribution in [3.05, 3.63) is 95.6 Å². The van der Waals surface area contributed by atoms with Gasteiger partial charge in [-0.05, 0) is 34.7 Å². The molecule has 7 heteroatoms. The van der Waals surface area contributed by atoms with Crippen molar-refractivity contribution in [3.8, 4) is 5.75 Å². The zero-order chi connectivity index (χ0) is 24.7. The Labute approximate surface area is 202 Å². The first-order valence-corrected chi connectivity index (χ1v) is 12.7.